The molecule has 0 unspecified atom stereocenters. The van der Waals surface area contributed by atoms with Gasteiger partial charge in [-0.2, -0.15) is 0 Å². The Morgan fingerprint density at radius 3 is 2.55 bits per heavy atom. The van der Waals surface area contributed by atoms with Crippen LogP contribution in [0.1, 0.15) is 18.4 Å². The predicted molar refractivity (Wildman–Crippen MR) is 128 cm³/mol. The van der Waals surface area contributed by atoms with Crippen LogP contribution in [-0.4, -0.2) is 30.1 Å². The van der Waals surface area contributed by atoms with Crippen LogP contribution in [0.3, 0.4) is 0 Å². The first-order valence-corrected chi connectivity index (χ1v) is 11.1. The Balaban J connectivity index is 1.60. The van der Waals surface area contributed by atoms with Gasteiger partial charge in [-0.3, -0.25) is 20.4 Å². The van der Waals surface area contributed by atoms with Gasteiger partial charge in [0.1, 0.15) is 11.5 Å². The molecule has 0 spiro atoms. The Morgan fingerprint density at radius 2 is 1.84 bits per heavy atom. The fraction of sp³-hybridized carbons (Fsp3) is 0.250. The zero-order valence-electron chi connectivity index (χ0n) is 16.5. The highest BCUT2D eigenvalue weighted by atomic mass is 79.9. The van der Waals surface area contributed by atoms with Gasteiger partial charge in [0.15, 0.2) is 11.7 Å². The van der Waals surface area contributed by atoms with E-state index in [0.29, 0.717) is 34.6 Å². The lowest BCUT2D eigenvalue weighted by molar-refractivity contribution is -0.124. The van der Waals surface area contributed by atoms with E-state index in [1.54, 1.807) is 30.3 Å². The Labute approximate surface area is 203 Å². The number of hydrogen-bond acceptors (Lipinski definition) is 5. The molecule has 2 rings (SSSR count). The smallest absolute Gasteiger partial charge is 0.276 e. The molecule has 0 saturated heterocycles. The average Bonchev–Trinajstić information content (AvgIpc) is 2.71. The minimum atomic E-state index is -0.453. The number of aryl methyl sites for hydroxylation is 1. The maximum Gasteiger partial charge on any atom is 0.276 e. The summed E-state index contributed by atoms with van der Waals surface area (Å²) in [6, 6.07) is 10.3. The Kier molecular flexibility index (Phi) is 10.3. The second kappa shape index (κ2) is 12.7. The van der Waals surface area contributed by atoms with Crippen molar-refractivity contribution in [3.63, 3.8) is 0 Å². The summed E-state index contributed by atoms with van der Waals surface area (Å²) < 4.78 is 11.9. The number of benzene rings is 2. The molecule has 166 valence electrons. The van der Waals surface area contributed by atoms with Gasteiger partial charge in [0.2, 0.25) is 5.91 Å². The van der Waals surface area contributed by atoms with E-state index in [9.17, 15) is 9.59 Å². The van der Waals surface area contributed by atoms with E-state index < -0.39 is 5.91 Å². The molecule has 0 aliphatic carbocycles. The van der Waals surface area contributed by atoms with Crippen molar-refractivity contribution in [1.82, 2.24) is 16.2 Å². The molecule has 7 nitrogen and oxygen atoms in total. The largest absolute Gasteiger partial charge is 0.492 e. The third-order valence-electron chi connectivity index (χ3n) is 3.77. The van der Waals surface area contributed by atoms with Gasteiger partial charge < -0.3 is 14.8 Å². The highest BCUT2D eigenvalue weighted by molar-refractivity contribution is 9.10. The molecule has 31 heavy (non-hydrogen) atoms. The molecule has 0 aliphatic heterocycles. The summed E-state index contributed by atoms with van der Waals surface area (Å²) in [5.41, 5.74) is 5.79. The molecule has 0 fully saturated rings. The average molecular weight is 549 g/mol. The molecule has 11 heteroatoms. The second-order valence-electron chi connectivity index (χ2n) is 6.28. The summed E-state index contributed by atoms with van der Waals surface area (Å²) >= 11 is 20.2. The number of thiocarbonyl (C=S) groups is 1. The van der Waals surface area contributed by atoms with Crippen LogP contribution in [-0.2, 0) is 9.59 Å². The minimum absolute atomic E-state index is 0.0282. The number of hydrazine groups is 1. The molecule has 0 aromatic heterocycles. The monoisotopic (exact) mass is 547 g/mol. The lowest BCUT2D eigenvalue weighted by Crippen LogP contribution is -2.49. The number of carbonyl (C=O) groups excluding carboxylic acids is 2. The number of hydrogen-bond donors (Lipinski definition) is 3. The van der Waals surface area contributed by atoms with Crippen LogP contribution >= 0.6 is 51.3 Å². The number of rotatable bonds is 8. The summed E-state index contributed by atoms with van der Waals surface area (Å²) in [5.74, 6) is 0.283. The Morgan fingerprint density at radius 1 is 1.06 bits per heavy atom. The molecule has 0 atom stereocenters. The summed E-state index contributed by atoms with van der Waals surface area (Å²) in [4.78, 5) is 23.7. The lowest BCUT2D eigenvalue weighted by Gasteiger charge is -2.12. The number of ether oxygens (including phenoxy) is 2. The molecule has 0 aliphatic rings. The third kappa shape index (κ3) is 9.30. The van der Waals surface area contributed by atoms with Crippen molar-refractivity contribution in [2.24, 2.45) is 0 Å². The van der Waals surface area contributed by atoms with E-state index >= 15 is 0 Å². The molecule has 2 aromatic rings. The molecule has 2 aromatic carbocycles. The SMILES string of the molecule is Cc1cc(OCC(=O)NNC(=S)NC(=O)CCCOc2ccc(Cl)cc2Cl)ccc1Br. The molecule has 0 heterocycles. The van der Waals surface area contributed by atoms with E-state index in [-0.39, 0.29) is 24.0 Å². The van der Waals surface area contributed by atoms with E-state index in [4.69, 9.17) is 44.9 Å². The summed E-state index contributed by atoms with van der Waals surface area (Å²) in [6.45, 7) is 1.99. The van der Waals surface area contributed by atoms with Crippen LogP contribution in [0.5, 0.6) is 11.5 Å². The molecule has 2 amide bonds. The van der Waals surface area contributed by atoms with Crippen molar-refractivity contribution < 1.29 is 19.1 Å². The lowest BCUT2D eigenvalue weighted by atomic mass is 10.2. The van der Waals surface area contributed by atoms with Crippen LogP contribution in [0.25, 0.3) is 0 Å². The van der Waals surface area contributed by atoms with E-state index in [2.05, 4.69) is 32.1 Å². The van der Waals surface area contributed by atoms with Crippen molar-refractivity contribution in [2.45, 2.75) is 19.8 Å². The van der Waals surface area contributed by atoms with Crippen molar-refractivity contribution in [2.75, 3.05) is 13.2 Å². The highest BCUT2D eigenvalue weighted by Crippen LogP contribution is 2.27. The Bertz CT molecular complexity index is 962. The van der Waals surface area contributed by atoms with Gasteiger partial charge in [-0.05, 0) is 67.5 Å². The zero-order chi connectivity index (χ0) is 22.8. The van der Waals surface area contributed by atoms with Crippen LogP contribution in [0.15, 0.2) is 40.9 Å². The van der Waals surface area contributed by atoms with Crippen LogP contribution < -0.4 is 25.6 Å². The van der Waals surface area contributed by atoms with Crippen molar-refractivity contribution in [3.8, 4) is 11.5 Å². The van der Waals surface area contributed by atoms with Crippen LogP contribution in [0.2, 0.25) is 10.0 Å². The van der Waals surface area contributed by atoms with Crippen LogP contribution in [0, 0.1) is 6.92 Å². The third-order valence-corrected chi connectivity index (χ3v) is 5.39. The fourth-order valence-corrected chi connectivity index (χ4v) is 3.12. The summed E-state index contributed by atoms with van der Waals surface area (Å²) in [6.07, 6.45) is 0.618. The van der Waals surface area contributed by atoms with Crippen molar-refractivity contribution in [3.05, 3.63) is 56.5 Å². The molecule has 0 bridgehead atoms. The van der Waals surface area contributed by atoms with E-state index in [1.165, 1.54) is 0 Å². The number of carbonyl (C=O) groups is 2. The zero-order valence-corrected chi connectivity index (χ0v) is 20.4. The van der Waals surface area contributed by atoms with E-state index in [0.717, 1.165) is 10.0 Å². The molecular formula is C20H20BrCl2N3O4S. The molecular weight excluding hydrogens is 529 g/mol. The topological polar surface area (TPSA) is 88.7 Å². The van der Waals surface area contributed by atoms with Gasteiger partial charge in [-0.25, -0.2) is 0 Å². The maximum absolute atomic E-state index is 11.9. The van der Waals surface area contributed by atoms with Crippen molar-refractivity contribution >= 4 is 68.3 Å². The maximum atomic E-state index is 11.9. The number of amides is 2. The molecule has 0 radical (unpaired) electrons. The molecule has 0 saturated carbocycles. The van der Waals surface area contributed by atoms with Gasteiger partial charge in [-0.1, -0.05) is 39.1 Å². The fourth-order valence-electron chi connectivity index (χ4n) is 2.25. The van der Waals surface area contributed by atoms with Gasteiger partial charge in [0.05, 0.1) is 11.6 Å². The Hall–Kier alpha value is -2.07. The van der Waals surface area contributed by atoms with Gasteiger partial charge >= 0.3 is 0 Å². The van der Waals surface area contributed by atoms with Crippen molar-refractivity contribution in [1.29, 1.82) is 0 Å². The normalized spacial score (nSPS) is 10.2. The standard InChI is InChI=1S/C20H20BrCl2N3O4S/c1-12-9-14(5-6-15(12)21)30-11-19(28)25-26-20(31)24-18(27)3-2-8-29-17-7-4-13(22)10-16(17)23/h4-7,9-10H,2-3,8,11H2,1H3,(H,25,28)(H2,24,26,27,31). The number of halogens is 3. The van der Waals surface area contributed by atoms with Gasteiger partial charge in [0, 0.05) is 15.9 Å². The summed E-state index contributed by atoms with van der Waals surface area (Å²) in [5, 5.41) is 3.35. The first kappa shape index (κ1) is 25.2. The first-order chi connectivity index (χ1) is 14.7. The number of nitrogens with one attached hydrogen (secondary N) is 3. The van der Waals surface area contributed by atoms with E-state index in [1.807, 2.05) is 13.0 Å². The second-order valence-corrected chi connectivity index (χ2v) is 8.38. The highest BCUT2D eigenvalue weighted by Gasteiger charge is 2.08. The predicted octanol–water partition coefficient (Wildman–Crippen LogP) is 4.32. The first-order valence-electron chi connectivity index (χ1n) is 9.10. The van der Waals surface area contributed by atoms with Gasteiger partial charge in [0.25, 0.3) is 5.91 Å². The van der Waals surface area contributed by atoms with Crippen LogP contribution in [0.4, 0.5) is 0 Å². The quantitative estimate of drug-likeness (QED) is 0.258. The minimum Gasteiger partial charge on any atom is -0.492 e. The van der Waals surface area contributed by atoms with Gasteiger partial charge in [-0.15, -0.1) is 0 Å². The summed E-state index contributed by atoms with van der Waals surface area (Å²) in [7, 11) is 0. The molecule has 3 N–H and O–H groups in total.